The molecule has 0 radical (unpaired) electrons. The molecule has 4 heteroatoms. The van der Waals surface area contributed by atoms with Crippen molar-refractivity contribution in [1.29, 1.82) is 0 Å². The average Bonchev–Trinajstić information content (AvgIpc) is 2.42. The second-order valence-corrected chi connectivity index (χ2v) is 6.51. The molecular weight excluding hydrogens is 295 g/mol. The van der Waals surface area contributed by atoms with Gasteiger partial charge in [0, 0.05) is 0 Å². The maximum Gasteiger partial charge on any atom is 0.307 e. The number of rotatable bonds is 4. The zero-order chi connectivity index (χ0) is 14.7. The summed E-state index contributed by atoms with van der Waals surface area (Å²) in [6.45, 7) is 2.18. The van der Waals surface area contributed by atoms with E-state index >= 15 is 0 Å². The van der Waals surface area contributed by atoms with Crippen molar-refractivity contribution in [3.05, 3.63) is 33.8 Å². The Morgan fingerprint density at radius 2 is 2.05 bits per heavy atom. The van der Waals surface area contributed by atoms with Gasteiger partial charge in [-0.15, -0.1) is 0 Å². The number of benzene rings is 1. The van der Waals surface area contributed by atoms with E-state index in [9.17, 15) is 9.90 Å². The lowest BCUT2D eigenvalue weighted by Crippen LogP contribution is -2.29. The summed E-state index contributed by atoms with van der Waals surface area (Å²) in [6.07, 6.45) is 5.02. The van der Waals surface area contributed by atoms with Crippen molar-refractivity contribution in [2.24, 2.45) is 11.8 Å². The van der Waals surface area contributed by atoms with Crippen LogP contribution in [0.5, 0.6) is 0 Å². The van der Waals surface area contributed by atoms with E-state index < -0.39 is 5.97 Å². The van der Waals surface area contributed by atoms with E-state index in [4.69, 9.17) is 23.2 Å². The Morgan fingerprint density at radius 3 is 2.65 bits per heavy atom. The van der Waals surface area contributed by atoms with Gasteiger partial charge in [0.2, 0.25) is 0 Å². The molecule has 0 bridgehead atoms. The highest BCUT2D eigenvalue weighted by Crippen LogP contribution is 2.43. The van der Waals surface area contributed by atoms with Crippen molar-refractivity contribution in [3.8, 4) is 0 Å². The van der Waals surface area contributed by atoms with E-state index in [-0.39, 0.29) is 11.8 Å². The summed E-state index contributed by atoms with van der Waals surface area (Å²) < 4.78 is 0. The van der Waals surface area contributed by atoms with Crippen LogP contribution < -0.4 is 0 Å². The van der Waals surface area contributed by atoms with E-state index in [0.29, 0.717) is 16.0 Å². The summed E-state index contributed by atoms with van der Waals surface area (Å²) in [5.41, 5.74) is 1.01. The maximum atomic E-state index is 11.5. The standard InChI is InChI=1S/C16H20Cl2O2/c1-2-3-10-4-6-12(16(19)20)13(8-10)11-5-7-14(17)15(18)9-11/h5,7,9-10,12-13H,2-4,6,8H2,1H3,(H,19,20). The summed E-state index contributed by atoms with van der Waals surface area (Å²) in [5, 5.41) is 10.5. The number of hydrogen-bond donors (Lipinski definition) is 1. The van der Waals surface area contributed by atoms with Crippen LogP contribution in [0.25, 0.3) is 0 Å². The zero-order valence-corrected chi connectivity index (χ0v) is 13.1. The Labute approximate surface area is 130 Å². The third kappa shape index (κ3) is 3.48. The van der Waals surface area contributed by atoms with Crippen molar-refractivity contribution in [2.75, 3.05) is 0 Å². The fourth-order valence-electron chi connectivity index (χ4n) is 3.34. The van der Waals surface area contributed by atoms with Crippen LogP contribution in [0.1, 0.15) is 50.5 Å². The molecule has 1 aromatic rings. The van der Waals surface area contributed by atoms with Crippen molar-refractivity contribution in [2.45, 2.75) is 44.9 Å². The van der Waals surface area contributed by atoms with Crippen LogP contribution in [0.2, 0.25) is 10.0 Å². The van der Waals surface area contributed by atoms with Gasteiger partial charge >= 0.3 is 5.97 Å². The smallest absolute Gasteiger partial charge is 0.307 e. The monoisotopic (exact) mass is 314 g/mol. The SMILES string of the molecule is CCCC1CCC(C(=O)O)C(c2ccc(Cl)c(Cl)c2)C1. The molecule has 0 aliphatic heterocycles. The van der Waals surface area contributed by atoms with Gasteiger partial charge in [-0.25, -0.2) is 0 Å². The normalized spacial score (nSPS) is 26.4. The third-order valence-corrected chi connectivity index (χ3v) is 5.08. The van der Waals surface area contributed by atoms with Gasteiger partial charge in [0.15, 0.2) is 0 Å². The number of hydrogen-bond acceptors (Lipinski definition) is 1. The number of carboxylic acids is 1. The molecule has 0 spiro atoms. The van der Waals surface area contributed by atoms with Crippen molar-refractivity contribution < 1.29 is 9.90 Å². The first-order valence-electron chi connectivity index (χ1n) is 7.20. The van der Waals surface area contributed by atoms with Gasteiger partial charge in [-0.3, -0.25) is 4.79 Å². The van der Waals surface area contributed by atoms with E-state index in [1.165, 1.54) is 6.42 Å². The van der Waals surface area contributed by atoms with E-state index in [2.05, 4.69) is 6.92 Å². The Morgan fingerprint density at radius 1 is 1.30 bits per heavy atom. The van der Waals surface area contributed by atoms with Gasteiger partial charge in [-0.05, 0) is 48.8 Å². The molecule has 1 fully saturated rings. The minimum absolute atomic E-state index is 0.0487. The van der Waals surface area contributed by atoms with E-state index in [0.717, 1.165) is 31.2 Å². The van der Waals surface area contributed by atoms with Crippen molar-refractivity contribution >= 4 is 29.2 Å². The minimum Gasteiger partial charge on any atom is -0.481 e. The topological polar surface area (TPSA) is 37.3 Å². The van der Waals surface area contributed by atoms with Crippen LogP contribution >= 0.6 is 23.2 Å². The van der Waals surface area contributed by atoms with Crippen LogP contribution in [-0.2, 0) is 4.79 Å². The molecule has 3 unspecified atom stereocenters. The Kier molecular flexibility index (Phi) is 5.34. The summed E-state index contributed by atoms with van der Waals surface area (Å²) in [7, 11) is 0. The van der Waals surface area contributed by atoms with Crippen LogP contribution in [0.15, 0.2) is 18.2 Å². The van der Waals surface area contributed by atoms with Gasteiger partial charge < -0.3 is 5.11 Å². The third-order valence-electron chi connectivity index (χ3n) is 4.34. The maximum absolute atomic E-state index is 11.5. The molecule has 1 saturated carbocycles. The molecule has 1 aliphatic carbocycles. The van der Waals surface area contributed by atoms with Gasteiger partial charge in [0.25, 0.3) is 0 Å². The van der Waals surface area contributed by atoms with E-state index in [1.54, 1.807) is 6.07 Å². The first-order chi connectivity index (χ1) is 9.52. The number of aliphatic carboxylic acids is 1. The number of carboxylic acid groups (broad SMARTS) is 1. The molecule has 3 atom stereocenters. The lowest BCUT2D eigenvalue weighted by atomic mass is 9.70. The van der Waals surface area contributed by atoms with Crippen LogP contribution in [-0.4, -0.2) is 11.1 Å². The summed E-state index contributed by atoms with van der Waals surface area (Å²) in [4.78, 5) is 11.5. The molecule has 0 amide bonds. The minimum atomic E-state index is -0.698. The molecule has 2 rings (SSSR count). The lowest BCUT2D eigenvalue weighted by molar-refractivity contribution is -0.143. The molecule has 2 nitrogen and oxygen atoms in total. The lowest BCUT2D eigenvalue weighted by Gasteiger charge is -2.34. The summed E-state index contributed by atoms with van der Waals surface area (Å²) >= 11 is 12.0. The largest absolute Gasteiger partial charge is 0.481 e. The predicted molar refractivity (Wildman–Crippen MR) is 82.6 cm³/mol. The number of carbonyl (C=O) groups is 1. The molecule has 1 N–H and O–H groups in total. The van der Waals surface area contributed by atoms with Crippen molar-refractivity contribution in [3.63, 3.8) is 0 Å². The quantitative estimate of drug-likeness (QED) is 0.810. The van der Waals surface area contributed by atoms with E-state index in [1.807, 2.05) is 12.1 Å². The fourth-order valence-corrected chi connectivity index (χ4v) is 3.64. The molecule has 110 valence electrons. The molecule has 20 heavy (non-hydrogen) atoms. The van der Waals surface area contributed by atoms with Crippen LogP contribution in [0.4, 0.5) is 0 Å². The molecule has 1 aromatic carbocycles. The highest BCUT2D eigenvalue weighted by Gasteiger charge is 2.35. The Hall–Kier alpha value is -0.730. The highest BCUT2D eigenvalue weighted by molar-refractivity contribution is 6.42. The highest BCUT2D eigenvalue weighted by atomic mass is 35.5. The van der Waals surface area contributed by atoms with Crippen LogP contribution in [0, 0.1) is 11.8 Å². The Balaban J connectivity index is 2.26. The first kappa shape index (κ1) is 15.7. The summed E-state index contributed by atoms with van der Waals surface area (Å²) in [6, 6.07) is 5.52. The van der Waals surface area contributed by atoms with Gasteiger partial charge in [0.05, 0.1) is 16.0 Å². The van der Waals surface area contributed by atoms with Gasteiger partial charge in [-0.1, -0.05) is 49.0 Å². The van der Waals surface area contributed by atoms with Crippen molar-refractivity contribution in [1.82, 2.24) is 0 Å². The fraction of sp³-hybridized carbons (Fsp3) is 0.562. The zero-order valence-electron chi connectivity index (χ0n) is 11.6. The molecule has 0 aromatic heterocycles. The second-order valence-electron chi connectivity index (χ2n) is 5.69. The molecule has 0 heterocycles. The first-order valence-corrected chi connectivity index (χ1v) is 7.96. The summed E-state index contributed by atoms with van der Waals surface area (Å²) in [5.74, 6) is -0.334. The van der Waals surface area contributed by atoms with Gasteiger partial charge in [-0.2, -0.15) is 0 Å². The second kappa shape index (κ2) is 6.82. The molecular formula is C16H20Cl2O2. The van der Waals surface area contributed by atoms with Crippen LogP contribution in [0.3, 0.4) is 0 Å². The Bertz CT molecular complexity index is 487. The molecule has 0 saturated heterocycles. The number of halogens is 2. The predicted octanol–water partition coefficient (Wildman–Crippen LogP) is 5.38. The van der Waals surface area contributed by atoms with Gasteiger partial charge in [0.1, 0.15) is 0 Å². The average molecular weight is 315 g/mol. The molecule has 1 aliphatic rings.